The van der Waals surface area contributed by atoms with Gasteiger partial charge >= 0.3 is 5.97 Å². The van der Waals surface area contributed by atoms with Crippen LogP contribution in [0, 0.1) is 0 Å². The van der Waals surface area contributed by atoms with Crippen molar-refractivity contribution in [3.63, 3.8) is 0 Å². The number of anilines is 2. The van der Waals surface area contributed by atoms with Crippen LogP contribution in [0.2, 0.25) is 0 Å². The van der Waals surface area contributed by atoms with E-state index in [4.69, 9.17) is 15.6 Å². The Morgan fingerprint density at radius 3 is 2.14 bits per heavy atom. The van der Waals surface area contributed by atoms with Gasteiger partial charge in [-0.1, -0.05) is 0 Å². The van der Waals surface area contributed by atoms with Gasteiger partial charge in [0.15, 0.2) is 17.3 Å². The number of hydrogen-bond acceptors (Lipinski definition) is 17. The van der Waals surface area contributed by atoms with Crippen LogP contribution in [-0.4, -0.2) is 150 Å². The van der Waals surface area contributed by atoms with Crippen LogP contribution in [0.4, 0.5) is 11.6 Å². The minimum Gasteiger partial charge on any atom is -0.550 e. The molecule has 20 heteroatoms. The number of esters is 1. The summed E-state index contributed by atoms with van der Waals surface area (Å²) in [6.45, 7) is 1.26. The number of aromatic nitrogens is 4. The van der Waals surface area contributed by atoms with E-state index in [0.717, 1.165) is 11.0 Å². The van der Waals surface area contributed by atoms with Crippen molar-refractivity contribution in [1.82, 2.24) is 25.3 Å². The molecule has 5 atom stereocenters. The van der Waals surface area contributed by atoms with Crippen LogP contribution in [0.15, 0.2) is 35.3 Å². The Kier molecular flexibility index (Phi) is 13.6. The lowest BCUT2D eigenvalue weighted by molar-refractivity contribution is -0.870. The SMILES string of the molecule is C[N+](C)(C)CCO.Nc1nc2ncc(CNc3ccc(C(=O)NC(CCC(=O)[O-])C(=O)OC4C(O)C(O)C(O)C(O)C4O)cc3)nc2c(=O)[nH]1. The Morgan fingerprint density at radius 2 is 1.60 bits per heavy atom. The van der Waals surface area contributed by atoms with Crippen LogP contribution < -0.4 is 27.0 Å². The first-order valence-corrected chi connectivity index (χ1v) is 15.3. The maximum absolute atomic E-state index is 12.9. The number of rotatable bonds is 12. The summed E-state index contributed by atoms with van der Waals surface area (Å²) >= 11 is 0. The molecule has 1 aliphatic rings. The Bertz CT molecular complexity index is 1670. The van der Waals surface area contributed by atoms with Crippen molar-refractivity contribution in [3.05, 3.63) is 52.1 Å². The Morgan fingerprint density at radius 1 is 1.00 bits per heavy atom. The number of carbonyl (C=O) groups is 3. The number of nitrogens with two attached hydrogens (primary N) is 1. The average Bonchev–Trinajstić information content (AvgIpc) is 3.05. The highest BCUT2D eigenvalue weighted by atomic mass is 16.6. The third-order valence-corrected chi connectivity index (χ3v) is 7.43. The second-order valence-corrected chi connectivity index (χ2v) is 12.4. The number of fused-ring (bicyclic) bond motifs is 1. The lowest BCUT2D eigenvalue weighted by atomic mass is 9.85. The van der Waals surface area contributed by atoms with Gasteiger partial charge in [-0.05, 0) is 37.1 Å². The van der Waals surface area contributed by atoms with E-state index in [0.29, 0.717) is 11.4 Å². The van der Waals surface area contributed by atoms with Gasteiger partial charge in [0.05, 0.1) is 46.2 Å². The number of aliphatic hydroxyl groups excluding tert-OH is 6. The van der Waals surface area contributed by atoms with Crippen LogP contribution in [0.1, 0.15) is 28.9 Å². The summed E-state index contributed by atoms with van der Waals surface area (Å²) in [6, 6.07) is 4.24. The van der Waals surface area contributed by atoms with Gasteiger partial charge in [-0.25, -0.2) is 14.8 Å². The zero-order valence-electron chi connectivity index (χ0n) is 27.5. The van der Waals surface area contributed by atoms with Gasteiger partial charge in [0.25, 0.3) is 11.5 Å². The van der Waals surface area contributed by atoms with E-state index in [1.54, 1.807) is 0 Å². The number of H-pyrrole nitrogens is 1. The fourth-order valence-electron chi connectivity index (χ4n) is 4.59. The number of carboxylic acid groups (broad SMARTS) is 1. The fourth-order valence-corrected chi connectivity index (χ4v) is 4.59. The number of aliphatic hydroxyl groups is 6. The van der Waals surface area contributed by atoms with Crippen molar-refractivity contribution in [3.8, 4) is 0 Å². The maximum atomic E-state index is 12.9. The maximum Gasteiger partial charge on any atom is 0.329 e. The van der Waals surface area contributed by atoms with E-state index in [2.05, 4.69) is 51.7 Å². The number of carboxylic acids is 1. The summed E-state index contributed by atoms with van der Waals surface area (Å²) in [6.07, 6.45) is -11.5. The van der Waals surface area contributed by atoms with Gasteiger partial charge in [-0.3, -0.25) is 14.6 Å². The van der Waals surface area contributed by atoms with Crippen LogP contribution in [0.5, 0.6) is 0 Å². The van der Waals surface area contributed by atoms with Crippen molar-refractivity contribution in [1.29, 1.82) is 0 Å². The predicted octanol–water partition coefficient (Wildman–Crippen LogP) is -5.05. The van der Waals surface area contributed by atoms with E-state index in [1.165, 1.54) is 30.5 Å². The number of hydrogen-bond donors (Lipinski definition) is 10. The van der Waals surface area contributed by atoms with Crippen molar-refractivity contribution < 1.29 is 59.3 Å². The molecule has 20 nitrogen and oxygen atoms in total. The van der Waals surface area contributed by atoms with E-state index in [1.807, 2.05) is 0 Å². The molecule has 50 heavy (non-hydrogen) atoms. The number of benzene rings is 1. The molecule has 1 aliphatic carbocycles. The zero-order valence-corrected chi connectivity index (χ0v) is 27.5. The number of amides is 1. The van der Waals surface area contributed by atoms with Gasteiger partial charge in [-0.15, -0.1) is 0 Å². The minimum absolute atomic E-state index is 0.00438. The molecule has 4 rings (SSSR count). The fraction of sp³-hybridized carbons (Fsp3) is 0.500. The second-order valence-electron chi connectivity index (χ2n) is 12.4. The van der Waals surface area contributed by atoms with Crippen molar-refractivity contribution >= 4 is 40.6 Å². The van der Waals surface area contributed by atoms with Gasteiger partial charge in [-0.2, -0.15) is 4.98 Å². The summed E-state index contributed by atoms with van der Waals surface area (Å²) in [5.74, 6) is -3.71. The van der Waals surface area contributed by atoms with Gasteiger partial charge in [0.1, 0.15) is 43.1 Å². The van der Waals surface area contributed by atoms with E-state index in [9.17, 15) is 49.8 Å². The number of nitrogens with zero attached hydrogens (tertiary/aromatic N) is 4. The molecule has 0 bridgehead atoms. The quantitative estimate of drug-likeness (QED) is 0.0622. The third kappa shape index (κ3) is 10.8. The van der Waals surface area contributed by atoms with Crippen LogP contribution in [-0.2, 0) is 20.9 Å². The minimum atomic E-state index is -1.99. The molecule has 2 heterocycles. The normalized spacial score (nSPS) is 22.5. The molecule has 0 saturated heterocycles. The molecule has 3 aromatic rings. The van der Waals surface area contributed by atoms with Gasteiger partial charge in [0, 0.05) is 17.2 Å². The molecule has 0 aliphatic heterocycles. The first-order chi connectivity index (χ1) is 23.4. The number of carbonyl (C=O) groups excluding carboxylic acids is 3. The first-order valence-electron chi connectivity index (χ1n) is 15.3. The number of aliphatic carboxylic acids is 1. The molecular weight excluding hydrogens is 664 g/mol. The van der Waals surface area contributed by atoms with Crippen molar-refractivity contribution in [2.45, 2.75) is 62.1 Å². The second kappa shape index (κ2) is 17.2. The van der Waals surface area contributed by atoms with E-state index in [-0.39, 0.29) is 35.8 Å². The lowest BCUT2D eigenvalue weighted by Gasteiger charge is -2.41. The molecule has 1 amide bonds. The van der Waals surface area contributed by atoms with E-state index >= 15 is 0 Å². The largest absolute Gasteiger partial charge is 0.550 e. The monoisotopic (exact) mass is 706 g/mol. The summed E-state index contributed by atoms with van der Waals surface area (Å²) in [7, 11) is 6.16. The number of quaternary nitrogens is 1. The number of nitrogens with one attached hydrogen (secondary N) is 3. The highest BCUT2D eigenvalue weighted by molar-refractivity contribution is 5.97. The lowest BCUT2D eigenvalue weighted by Crippen LogP contribution is -2.65. The highest BCUT2D eigenvalue weighted by Crippen LogP contribution is 2.24. The van der Waals surface area contributed by atoms with Crippen LogP contribution in [0.25, 0.3) is 11.2 Å². The molecule has 1 aromatic carbocycles. The zero-order chi connectivity index (χ0) is 37.3. The number of aromatic amines is 1. The summed E-state index contributed by atoms with van der Waals surface area (Å²) in [4.78, 5) is 63.2. The topological polar surface area (TPSA) is 326 Å². The standard InChI is InChI=1S/C25H29N7O11.C5H14NO/c26-25-31-21-14(23(41)32-25)29-11(8-28-21)7-27-10-3-1-9(2-4-10)22(40)30-12(5-6-13(33)34)24(42)43-20-18(38)16(36)15(35)17(37)19(20)39;1-6(2,3)4-5-7/h1-4,8,12,15-20,27,35-39H,5-7H2,(H,30,40)(H,33,34)(H3,26,28,31,32,41);7H,4-5H2,1-3H3/q;+1/p-1. The smallest absolute Gasteiger partial charge is 0.329 e. The van der Waals surface area contributed by atoms with Crippen LogP contribution in [0.3, 0.4) is 0 Å². The number of ether oxygens (including phenoxy) is 1. The molecule has 0 spiro atoms. The molecular formula is C30H42N8O12. The molecule has 2 aromatic heterocycles. The highest BCUT2D eigenvalue weighted by Gasteiger charge is 2.50. The summed E-state index contributed by atoms with van der Waals surface area (Å²) in [5, 5.41) is 74.4. The van der Waals surface area contributed by atoms with Gasteiger partial charge < -0.3 is 66.1 Å². The van der Waals surface area contributed by atoms with Crippen molar-refractivity contribution in [2.75, 3.05) is 45.3 Å². The van der Waals surface area contributed by atoms with Gasteiger partial charge in [0.2, 0.25) is 5.95 Å². The summed E-state index contributed by atoms with van der Waals surface area (Å²) < 4.78 is 5.86. The first kappa shape index (κ1) is 39.6. The molecule has 1 fully saturated rings. The Balaban J connectivity index is 0.000000872. The number of nitrogen functional groups attached to an aromatic ring is 1. The molecule has 5 unspecified atom stereocenters. The predicted molar refractivity (Wildman–Crippen MR) is 172 cm³/mol. The number of likely N-dealkylation sites (N-methyl/N-ethyl adjacent to an activating group) is 1. The van der Waals surface area contributed by atoms with E-state index < -0.39 is 78.9 Å². The molecule has 1 saturated carbocycles. The average molecular weight is 707 g/mol. The molecule has 0 radical (unpaired) electrons. The van der Waals surface area contributed by atoms with Crippen LogP contribution >= 0.6 is 0 Å². The molecule has 11 N–H and O–H groups in total. The molecule has 274 valence electrons. The Labute approximate surface area is 284 Å². The third-order valence-electron chi connectivity index (χ3n) is 7.43. The Hall–Kier alpha value is -4.83. The summed E-state index contributed by atoms with van der Waals surface area (Å²) in [5.41, 5.74) is 6.04. The van der Waals surface area contributed by atoms with Crippen molar-refractivity contribution in [2.24, 2.45) is 0 Å².